The van der Waals surface area contributed by atoms with Gasteiger partial charge in [-0.1, -0.05) is 6.92 Å². The van der Waals surface area contributed by atoms with Gasteiger partial charge >= 0.3 is 0 Å². The van der Waals surface area contributed by atoms with Crippen molar-refractivity contribution in [2.45, 2.75) is 26.3 Å². The van der Waals surface area contributed by atoms with E-state index in [9.17, 15) is 14.7 Å². The number of aromatic hydroxyl groups is 1. The summed E-state index contributed by atoms with van der Waals surface area (Å²) in [5.41, 5.74) is 0.333. The standard InChI is InChI=1S/C17H17N3O3S/c1-3-13-8-14-16(24-13)18-9-20(17(14)23)10(2)15(22)19-11-4-6-12(21)7-5-11/h4-10,21H,3H2,1-2H3,(H,19,22). The molecule has 0 saturated heterocycles. The number of benzene rings is 1. The molecule has 2 heterocycles. The molecule has 0 aliphatic carbocycles. The van der Waals surface area contributed by atoms with Gasteiger partial charge in [-0.05, 0) is 43.7 Å². The molecule has 2 N–H and O–H groups in total. The lowest BCUT2D eigenvalue weighted by molar-refractivity contribution is -0.118. The van der Waals surface area contributed by atoms with Crippen molar-refractivity contribution >= 4 is 33.1 Å². The normalized spacial score (nSPS) is 12.2. The van der Waals surface area contributed by atoms with E-state index in [1.807, 2.05) is 13.0 Å². The van der Waals surface area contributed by atoms with Crippen molar-refractivity contribution in [3.63, 3.8) is 0 Å². The van der Waals surface area contributed by atoms with E-state index in [0.29, 0.717) is 15.9 Å². The number of aryl methyl sites for hydroxylation is 1. The van der Waals surface area contributed by atoms with Crippen LogP contribution in [0.25, 0.3) is 10.2 Å². The highest BCUT2D eigenvalue weighted by Crippen LogP contribution is 2.22. The van der Waals surface area contributed by atoms with Crippen LogP contribution in [-0.4, -0.2) is 20.6 Å². The Morgan fingerprint density at radius 3 is 2.75 bits per heavy atom. The molecule has 0 aliphatic heterocycles. The first kappa shape index (κ1) is 16.2. The summed E-state index contributed by atoms with van der Waals surface area (Å²) in [5, 5.41) is 12.5. The van der Waals surface area contributed by atoms with Crippen LogP contribution in [0.3, 0.4) is 0 Å². The van der Waals surface area contributed by atoms with Gasteiger partial charge in [0.15, 0.2) is 0 Å². The summed E-state index contributed by atoms with van der Waals surface area (Å²) < 4.78 is 1.34. The number of phenolic OH excluding ortho intramolecular Hbond substituents is 1. The lowest BCUT2D eigenvalue weighted by Crippen LogP contribution is -2.31. The second kappa shape index (κ2) is 6.45. The Bertz CT molecular complexity index is 944. The summed E-state index contributed by atoms with van der Waals surface area (Å²) in [6.07, 6.45) is 2.26. The smallest absolute Gasteiger partial charge is 0.262 e. The Balaban J connectivity index is 1.88. The molecule has 1 unspecified atom stereocenters. The zero-order chi connectivity index (χ0) is 17.3. The molecule has 124 valence electrons. The van der Waals surface area contributed by atoms with Crippen molar-refractivity contribution < 1.29 is 9.90 Å². The molecule has 2 aromatic heterocycles. The maximum absolute atomic E-state index is 12.6. The Morgan fingerprint density at radius 1 is 1.38 bits per heavy atom. The molecule has 24 heavy (non-hydrogen) atoms. The van der Waals surface area contributed by atoms with Crippen molar-refractivity contribution in [3.8, 4) is 5.75 Å². The van der Waals surface area contributed by atoms with Crippen LogP contribution in [0.5, 0.6) is 5.75 Å². The molecule has 0 radical (unpaired) electrons. The number of nitrogens with zero attached hydrogens (tertiary/aromatic N) is 2. The molecule has 1 amide bonds. The number of amides is 1. The first-order valence-electron chi connectivity index (χ1n) is 7.59. The van der Waals surface area contributed by atoms with Crippen molar-refractivity contribution in [1.82, 2.24) is 9.55 Å². The predicted molar refractivity (Wildman–Crippen MR) is 94.7 cm³/mol. The number of hydrogen-bond donors (Lipinski definition) is 2. The SMILES string of the molecule is CCc1cc2c(=O)n(C(C)C(=O)Nc3ccc(O)cc3)cnc2s1. The average Bonchev–Trinajstić information content (AvgIpc) is 3.01. The summed E-state index contributed by atoms with van der Waals surface area (Å²) in [6.45, 7) is 3.68. The highest BCUT2D eigenvalue weighted by atomic mass is 32.1. The zero-order valence-electron chi connectivity index (χ0n) is 13.3. The largest absolute Gasteiger partial charge is 0.508 e. The molecule has 6 nitrogen and oxygen atoms in total. The van der Waals surface area contributed by atoms with Crippen molar-refractivity contribution in [2.75, 3.05) is 5.32 Å². The van der Waals surface area contributed by atoms with E-state index in [0.717, 1.165) is 11.3 Å². The minimum Gasteiger partial charge on any atom is -0.508 e. The lowest BCUT2D eigenvalue weighted by Gasteiger charge is -2.14. The predicted octanol–water partition coefficient (Wildman–Crippen LogP) is 2.93. The van der Waals surface area contributed by atoms with E-state index in [1.165, 1.54) is 34.4 Å². The number of anilines is 1. The van der Waals surface area contributed by atoms with Gasteiger partial charge in [0.2, 0.25) is 5.91 Å². The summed E-state index contributed by atoms with van der Waals surface area (Å²) >= 11 is 1.50. The van der Waals surface area contributed by atoms with E-state index in [-0.39, 0.29) is 17.2 Å². The minimum absolute atomic E-state index is 0.121. The number of aromatic nitrogens is 2. The number of rotatable bonds is 4. The first-order valence-corrected chi connectivity index (χ1v) is 8.40. The Morgan fingerprint density at radius 2 is 2.08 bits per heavy atom. The number of carbonyl (C=O) groups excluding carboxylic acids is 1. The van der Waals surface area contributed by atoms with Gasteiger partial charge in [0.1, 0.15) is 16.6 Å². The van der Waals surface area contributed by atoms with E-state index < -0.39 is 6.04 Å². The number of carbonyl (C=O) groups is 1. The fourth-order valence-electron chi connectivity index (χ4n) is 2.35. The molecular formula is C17H17N3O3S. The van der Waals surface area contributed by atoms with E-state index >= 15 is 0 Å². The van der Waals surface area contributed by atoms with Crippen molar-refractivity contribution in [2.24, 2.45) is 0 Å². The molecule has 0 bridgehead atoms. The third-order valence-corrected chi connectivity index (χ3v) is 5.00. The van der Waals surface area contributed by atoms with Crippen LogP contribution in [0.15, 0.2) is 41.5 Å². The van der Waals surface area contributed by atoms with Crippen molar-refractivity contribution in [3.05, 3.63) is 51.9 Å². The number of hydrogen-bond acceptors (Lipinski definition) is 5. The van der Waals surface area contributed by atoms with Crippen LogP contribution in [0.2, 0.25) is 0 Å². The number of thiophene rings is 1. The minimum atomic E-state index is -0.701. The third kappa shape index (κ3) is 3.03. The van der Waals surface area contributed by atoms with Crippen LogP contribution in [0, 0.1) is 0 Å². The molecule has 0 saturated carbocycles. The molecule has 1 aromatic carbocycles. The number of fused-ring (bicyclic) bond motifs is 1. The molecule has 3 aromatic rings. The average molecular weight is 343 g/mol. The summed E-state index contributed by atoms with van der Waals surface area (Å²) in [7, 11) is 0. The topological polar surface area (TPSA) is 84.2 Å². The Labute approximate surface area is 142 Å². The first-order chi connectivity index (χ1) is 11.5. The monoisotopic (exact) mass is 343 g/mol. The molecule has 0 spiro atoms. The maximum Gasteiger partial charge on any atom is 0.262 e. The number of phenols is 1. The van der Waals surface area contributed by atoms with Crippen LogP contribution >= 0.6 is 11.3 Å². The van der Waals surface area contributed by atoms with Crippen LogP contribution in [-0.2, 0) is 11.2 Å². The highest BCUT2D eigenvalue weighted by Gasteiger charge is 2.18. The van der Waals surface area contributed by atoms with Gasteiger partial charge in [0.05, 0.1) is 11.7 Å². The molecule has 1 atom stereocenters. The highest BCUT2D eigenvalue weighted by molar-refractivity contribution is 7.18. The quantitative estimate of drug-likeness (QED) is 0.713. The Hall–Kier alpha value is -2.67. The van der Waals surface area contributed by atoms with Gasteiger partial charge in [0, 0.05) is 10.6 Å². The molecule has 0 aliphatic rings. The third-order valence-electron chi connectivity index (χ3n) is 3.81. The summed E-state index contributed by atoms with van der Waals surface area (Å²) in [5.74, 6) is -0.203. The van der Waals surface area contributed by atoms with E-state index in [4.69, 9.17) is 0 Å². The fraction of sp³-hybridized carbons (Fsp3) is 0.235. The fourth-order valence-corrected chi connectivity index (χ4v) is 3.28. The van der Waals surface area contributed by atoms with E-state index in [2.05, 4.69) is 10.3 Å². The van der Waals surface area contributed by atoms with Gasteiger partial charge in [-0.2, -0.15) is 0 Å². The van der Waals surface area contributed by atoms with Crippen LogP contribution in [0.4, 0.5) is 5.69 Å². The maximum atomic E-state index is 12.6. The lowest BCUT2D eigenvalue weighted by atomic mass is 10.2. The second-order valence-electron chi connectivity index (χ2n) is 5.45. The van der Waals surface area contributed by atoms with Crippen LogP contribution < -0.4 is 10.9 Å². The molecular weight excluding hydrogens is 326 g/mol. The Kier molecular flexibility index (Phi) is 4.35. The van der Waals surface area contributed by atoms with Crippen molar-refractivity contribution in [1.29, 1.82) is 0 Å². The van der Waals surface area contributed by atoms with Gasteiger partial charge in [-0.3, -0.25) is 14.2 Å². The van der Waals surface area contributed by atoms with Gasteiger partial charge in [-0.25, -0.2) is 4.98 Å². The summed E-state index contributed by atoms with van der Waals surface area (Å²) in [4.78, 5) is 31.1. The molecule has 0 fully saturated rings. The molecule has 3 rings (SSSR count). The molecule has 7 heteroatoms. The number of nitrogens with one attached hydrogen (secondary N) is 1. The van der Waals surface area contributed by atoms with Gasteiger partial charge in [-0.15, -0.1) is 11.3 Å². The zero-order valence-corrected chi connectivity index (χ0v) is 14.1. The summed E-state index contributed by atoms with van der Waals surface area (Å²) in [6, 6.07) is 7.30. The van der Waals surface area contributed by atoms with Gasteiger partial charge in [0.25, 0.3) is 5.56 Å². The van der Waals surface area contributed by atoms with Crippen LogP contribution in [0.1, 0.15) is 24.8 Å². The second-order valence-corrected chi connectivity index (χ2v) is 6.57. The van der Waals surface area contributed by atoms with E-state index in [1.54, 1.807) is 19.1 Å². The van der Waals surface area contributed by atoms with Gasteiger partial charge < -0.3 is 10.4 Å².